The molecular formula is C17H15FN4O. The fourth-order valence-corrected chi connectivity index (χ4v) is 2.65. The van der Waals surface area contributed by atoms with Crippen molar-refractivity contribution in [2.75, 3.05) is 18.0 Å². The molecule has 1 aliphatic rings. The van der Waals surface area contributed by atoms with Crippen molar-refractivity contribution in [2.24, 2.45) is 0 Å². The van der Waals surface area contributed by atoms with Crippen LogP contribution in [0.2, 0.25) is 0 Å². The lowest BCUT2D eigenvalue weighted by atomic mass is 9.96. The highest BCUT2D eigenvalue weighted by molar-refractivity contribution is 6.02. The van der Waals surface area contributed by atoms with Crippen molar-refractivity contribution in [3.63, 3.8) is 0 Å². The van der Waals surface area contributed by atoms with Crippen molar-refractivity contribution in [1.82, 2.24) is 9.97 Å². The summed E-state index contributed by atoms with van der Waals surface area (Å²) in [6.07, 6.45) is 4.79. The van der Waals surface area contributed by atoms with Crippen LogP contribution in [0.3, 0.4) is 0 Å². The van der Waals surface area contributed by atoms with Gasteiger partial charge in [-0.3, -0.25) is 9.78 Å². The van der Waals surface area contributed by atoms with Gasteiger partial charge < -0.3 is 4.90 Å². The number of rotatable bonds is 4. The van der Waals surface area contributed by atoms with Gasteiger partial charge >= 0.3 is 0 Å². The van der Waals surface area contributed by atoms with E-state index >= 15 is 0 Å². The lowest BCUT2D eigenvalue weighted by Gasteiger charge is -2.16. The molecule has 0 aromatic carbocycles. The van der Waals surface area contributed by atoms with Crippen molar-refractivity contribution in [3.05, 3.63) is 53.7 Å². The third-order valence-corrected chi connectivity index (χ3v) is 3.90. The molecule has 3 heterocycles. The molecule has 1 fully saturated rings. The maximum Gasteiger partial charge on any atom is 0.187 e. The van der Waals surface area contributed by atoms with Gasteiger partial charge in [0.15, 0.2) is 11.7 Å². The van der Waals surface area contributed by atoms with Crippen LogP contribution in [0.5, 0.6) is 0 Å². The van der Waals surface area contributed by atoms with E-state index < -0.39 is 11.7 Å². The zero-order valence-electron chi connectivity index (χ0n) is 12.4. The number of nitriles is 1. The minimum absolute atomic E-state index is 0.238. The molecule has 0 saturated carbocycles. The first-order valence-electron chi connectivity index (χ1n) is 7.45. The molecule has 2 aromatic rings. The second-order valence-electron chi connectivity index (χ2n) is 5.43. The number of hydrogen-bond donors (Lipinski definition) is 0. The smallest absolute Gasteiger partial charge is 0.187 e. The topological polar surface area (TPSA) is 69.9 Å². The third kappa shape index (κ3) is 3.19. The van der Waals surface area contributed by atoms with Crippen molar-refractivity contribution < 1.29 is 9.18 Å². The van der Waals surface area contributed by atoms with Gasteiger partial charge in [-0.1, -0.05) is 0 Å². The van der Waals surface area contributed by atoms with Gasteiger partial charge in [0, 0.05) is 24.8 Å². The molecule has 0 unspecified atom stereocenters. The fourth-order valence-electron chi connectivity index (χ4n) is 2.65. The first-order valence-corrected chi connectivity index (χ1v) is 7.45. The van der Waals surface area contributed by atoms with Crippen molar-refractivity contribution >= 4 is 11.6 Å². The monoisotopic (exact) mass is 310 g/mol. The molecular weight excluding hydrogens is 295 g/mol. The molecule has 0 aliphatic carbocycles. The SMILES string of the molecule is N#C[C@@H](C(=O)c1ccc(N2CCCC2)nc1)c1ccc(F)cn1. The molecule has 1 atom stereocenters. The van der Waals surface area contributed by atoms with Crippen LogP contribution in [0.1, 0.15) is 34.8 Å². The molecule has 0 N–H and O–H groups in total. The van der Waals surface area contributed by atoms with Crippen molar-refractivity contribution in [1.29, 1.82) is 5.26 Å². The maximum absolute atomic E-state index is 12.9. The number of pyridine rings is 2. The Kier molecular flexibility index (Phi) is 4.29. The van der Waals surface area contributed by atoms with Crippen LogP contribution < -0.4 is 4.90 Å². The van der Waals surface area contributed by atoms with E-state index in [0.29, 0.717) is 5.56 Å². The van der Waals surface area contributed by atoms with Gasteiger partial charge in [-0.05, 0) is 37.1 Å². The highest BCUT2D eigenvalue weighted by Crippen LogP contribution is 2.21. The Hall–Kier alpha value is -2.81. The lowest BCUT2D eigenvalue weighted by molar-refractivity contribution is 0.0977. The molecule has 0 bridgehead atoms. The molecule has 2 aromatic heterocycles. The summed E-state index contributed by atoms with van der Waals surface area (Å²) in [6, 6.07) is 7.95. The summed E-state index contributed by atoms with van der Waals surface area (Å²) in [5, 5.41) is 9.27. The summed E-state index contributed by atoms with van der Waals surface area (Å²) in [5.41, 5.74) is 0.591. The van der Waals surface area contributed by atoms with Gasteiger partial charge in [0.1, 0.15) is 11.6 Å². The minimum Gasteiger partial charge on any atom is -0.357 e. The Balaban J connectivity index is 1.80. The highest BCUT2D eigenvalue weighted by atomic mass is 19.1. The van der Waals surface area contributed by atoms with E-state index in [2.05, 4.69) is 14.9 Å². The number of aromatic nitrogens is 2. The van der Waals surface area contributed by atoms with Crippen LogP contribution in [-0.2, 0) is 0 Å². The summed E-state index contributed by atoms with van der Waals surface area (Å²) < 4.78 is 12.9. The number of anilines is 1. The van der Waals surface area contributed by atoms with E-state index in [-0.39, 0.29) is 11.5 Å². The van der Waals surface area contributed by atoms with Gasteiger partial charge in [0.05, 0.1) is 18.0 Å². The van der Waals surface area contributed by atoms with E-state index in [4.69, 9.17) is 0 Å². The van der Waals surface area contributed by atoms with Crippen LogP contribution >= 0.6 is 0 Å². The van der Waals surface area contributed by atoms with Crippen molar-refractivity contribution in [3.8, 4) is 6.07 Å². The molecule has 0 spiro atoms. The third-order valence-electron chi connectivity index (χ3n) is 3.90. The van der Waals surface area contributed by atoms with Gasteiger partial charge in [0.2, 0.25) is 0 Å². The number of carbonyl (C=O) groups excluding carboxylic acids is 1. The predicted octanol–water partition coefficient (Wildman–Crippen LogP) is 2.71. The second-order valence-corrected chi connectivity index (χ2v) is 5.43. The standard InChI is InChI=1S/C17H15FN4O/c18-13-4-5-15(20-11-13)14(9-19)17(23)12-3-6-16(21-10-12)22-7-1-2-8-22/h3-6,10-11,14H,1-2,7-8H2/t14-/m1/s1. The first-order chi connectivity index (χ1) is 11.2. The largest absolute Gasteiger partial charge is 0.357 e. The number of halogens is 1. The van der Waals surface area contributed by atoms with Crippen LogP contribution in [-0.4, -0.2) is 28.8 Å². The molecule has 23 heavy (non-hydrogen) atoms. The zero-order chi connectivity index (χ0) is 16.2. The molecule has 1 saturated heterocycles. The maximum atomic E-state index is 12.9. The lowest BCUT2D eigenvalue weighted by Crippen LogP contribution is -2.19. The first kappa shape index (κ1) is 15.1. The van der Waals surface area contributed by atoms with Crippen LogP contribution in [0.15, 0.2) is 36.7 Å². The Labute approximate surface area is 133 Å². The predicted molar refractivity (Wildman–Crippen MR) is 82.6 cm³/mol. The number of nitrogens with zero attached hydrogens (tertiary/aromatic N) is 4. The second kappa shape index (κ2) is 6.53. The molecule has 5 nitrogen and oxygen atoms in total. The summed E-state index contributed by atoms with van der Waals surface area (Å²) in [4.78, 5) is 22.8. The Morgan fingerprint density at radius 1 is 1.17 bits per heavy atom. The normalized spacial score (nSPS) is 15.2. The molecule has 116 valence electrons. The summed E-state index contributed by atoms with van der Waals surface area (Å²) in [6.45, 7) is 1.95. The van der Waals surface area contributed by atoms with Crippen LogP contribution in [0, 0.1) is 17.1 Å². The molecule has 6 heteroatoms. The average molecular weight is 310 g/mol. The quantitative estimate of drug-likeness (QED) is 0.812. The Morgan fingerprint density at radius 3 is 2.52 bits per heavy atom. The molecule has 3 rings (SSSR count). The van der Waals surface area contributed by atoms with E-state index in [1.807, 2.05) is 6.07 Å². The highest BCUT2D eigenvalue weighted by Gasteiger charge is 2.24. The molecule has 1 aliphatic heterocycles. The van der Waals surface area contributed by atoms with Crippen LogP contribution in [0.4, 0.5) is 10.2 Å². The molecule has 0 radical (unpaired) electrons. The minimum atomic E-state index is -1.06. The zero-order valence-corrected chi connectivity index (χ0v) is 12.4. The molecule has 0 amide bonds. The Bertz CT molecular complexity index is 731. The van der Waals surface area contributed by atoms with Crippen molar-refractivity contribution in [2.45, 2.75) is 18.8 Å². The van der Waals surface area contributed by atoms with Gasteiger partial charge in [-0.2, -0.15) is 5.26 Å². The number of Topliss-reactive ketones (excluding diaryl/α,β-unsaturated/α-hetero) is 1. The van der Waals surface area contributed by atoms with Crippen LogP contribution in [0.25, 0.3) is 0 Å². The van der Waals surface area contributed by atoms with E-state index in [9.17, 15) is 14.4 Å². The number of ketones is 1. The summed E-state index contributed by atoms with van der Waals surface area (Å²) >= 11 is 0. The summed E-state index contributed by atoms with van der Waals surface area (Å²) in [7, 11) is 0. The fraction of sp³-hybridized carbons (Fsp3) is 0.294. The average Bonchev–Trinajstić information content (AvgIpc) is 3.12. The van der Waals surface area contributed by atoms with Gasteiger partial charge in [-0.15, -0.1) is 0 Å². The van der Waals surface area contributed by atoms with Gasteiger partial charge in [-0.25, -0.2) is 9.37 Å². The van der Waals surface area contributed by atoms with Gasteiger partial charge in [0.25, 0.3) is 0 Å². The Morgan fingerprint density at radius 2 is 1.96 bits per heavy atom. The number of hydrogen-bond acceptors (Lipinski definition) is 5. The summed E-state index contributed by atoms with van der Waals surface area (Å²) in [5.74, 6) is -1.11. The van der Waals surface area contributed by atoms with E-state index in [0.717, 1.165) is 37.9 Å². The van der Waals surface area contributed by atoms with E-state index in [1.54, 1.807) is 12.1 Å². The van der Waals surface area contributed by atoms with E-state index in [1.165, 1.54) is 18.3 Å². The number of carbonyl (C=O) groups is 1.